The number of hydrogen-bond donors (Lipinski definition) is 1. The van der Waals surface area contributed by atoms with Crippen molar-refractivity contribution in [2.24, 2.45) is 5.92 Å². The molecule has 1 N–H and O–H groups in total. The summed E-state index contributed by atoms with van der Waals surface area (Å²) in [5, 5.41) is 7.66. The third-order valence-corrected chi connectivity index (χ3v) is 6.24. The van der Waals surface area contributed by atoms with E-state index in [1.165, 1.54) is 12.0 Å². The van der Waals surface area contributed by atoms with E-state index in [1.807, 2.05) is 11.1 Å². The van der Waals surface area contributed by atoms with Crippen molar-refractivity contribution in [3.63, 3.8) is 0 Å². The molecule has 4 rings (SSSR count). The largest absolute Gasteiger partial charge is 0.285 e. The number of nitrogens with one attached hydrogen (secondary N) is 1. The van der Waals surface area contributed by atoms with Crippen LogP contribution in [0, 0.1) is 5.92 Å². The van der Waals surface area contributed by atoms with Crippen LogP contribution in [0.4, 0.5) is 5.13 Å². The van der Waals surface area contributed by atoms with Gasteiger partial charge >= 0.3 is 0 Å². The zero-order valence-corrected chi connectivity index (χ0v) is 15.9. The molecule has 1 aromatic carbocycles. The predicted molar refractivity (Wildman–Crippen MR) is 105 cm³/mol. The summed E-state index contributed by atoms with van der Waals surface area (Å²) in [6.07, 6.45) is 10.2. The van der Waals surface area contributed by atoms with Crippen LogP contribution < -0.4 is 4.90 Å². The van der Waals surface area contributed by atoms with Gasteiger partial charge in [-0.2, -0.15) is 5.10 Å². The second-order valence-corrected chi connectivity index (χ2v) is 8.03. The number of thiazole rings is 1. The van der Waals surface area contributed by atoms with E-state index < -0.39 is 0 Å². The molecule has 1 amide bonds. The number of hydrogen-bond acceptors (Lipinski definition) is 4. The molecule has 1 saturated carbocycles. The lowest BCUT2D eigenvalue weighted by molar-refractivity contribution is -0.123. The highest BCUT2D eigenvalue weighted by atomic mass is 32.1. The molecule has 1 aliphatic rings. The minimum atomic E-state index is 0.119. The maximum atomic E-state index is 13.3. The van der Waals surface area contributed by atoms with Gasteiger partial charge in [-0.15, -0.1) is 0 Å². The maximum Gasteiger partial charge on any atom is 0.232 e. The lowest BCUT2D eigenvalue weighted by Crippen LogP contribution is -2.36. The third-order valence-electron chi connectivity index (χ3n) is 5.20. The summed E-state index contributed by atoms with van der Waals surface area (Å²) >= 11 is 1.61. The summed E-state index contributed by atoms with van der Waals surface area (Å²) in [5.41, 5.74) is 3.27. The summed E-state index contributed by atoms with van der Waals surface area (Å²) in [6, 6.07) is 6.38. The van der Waals surface area contributed by atoms with E-state index in [-0.39, 0.29) is 11.8 Å². The van der Waals surface area contributed by atoms with Crippen molar-refractivity contribution < 1.29 is 4.79 Å². The van der Waals surface area contributed by atoms with Crippen LogP contribution in [0.5, 0.6) is 0 Å². The number of carbonyl (C=O) groups excluding carboxylic acids is 1. The first kappa shape index (κ1) is 17.2. The number of aromatic nitrogens is 3. The number of rotatable bonds is 5. The van der Waals surface area contributed by atoms with Gasteiger partial charge < -0.3 is 0 Å². The molecule has 0 radical (unpaired) electrons. The van der Waals surface area contributed by atoms with Gasteiger partial charge in [-0.05, 0) is 37.0 Å². The highest BCUT2D eigenvalue weighted by Gasteiger charge is 2.29. The minimum absolute atomic E-state index is 0.119. The zero-order valence-electron chi connectivity index (χ0n) is 15.1. The molecule has 136 valence electrons. The molecule has 1 aliphatic carbocycles. The van der Waals surface area contributed by atoms with Gasteiger partial charge in [-0.3, -0.25) is 14.8 Å². The number of fused-ring (bicyclic) bond motifs is 1. The Morgan fingerprint density at radius 2 is 2.12 bits per heavy atom. The SMILES string of the molecule is CCc1ccc2nc(N(Cc3cn[nH]c3)C(=O)C3CCCCC3)sc2c1. The van der Waals surface area contributed by atoms with E-state index in [1.54, 1.807) is 17.5 Å². The van der Waals surface area contributed by atoms with Crippen molar-refractivity contribution in [1.29, 1.82) is 0 Å². The Labute approximate surface area is 157 Å². The molecule has 0 saturated heterocycles. The van der Waals surface area contributed by atoms with Crippen molar-refractivity contribution in [2.75, 3.05) is 4.90 Å². The van der Waals surface area contributed by atoms with E-state index >= 15 is 0 Å². The molecular weight excluding hydrogens is 344 g/mol. The number of aromatic amines is 1. The van der Waals surface area contributed by atoms with Gasteiger partial charge in [0.15, 0.2) is 5.13 Å². The van der Waals surface area contributed by atoms with Gasteiger partial charge in [-0.1, -0.05) is 43.6 Å². The third kappa shape index (κ3) is 3.51. The molecule has 0 bridgehead atoms. The summed E-state index contributed by atoms with van der Waals surface area (Å²) in [5.74, 6) is 0.328. The Morgan fingerprint density at radius 3 is 2.85 bits per heavy atom. The fourth-order valence-electron chi connectivity index (χ4n) is 3.65. The molecule has 6 heteroatoms. The number of nitrogens with zero attached hydrogens (tertiary/aromatic N) is 3. The highest BCUT2D eigenvalue weighted by molar-refractivity contribution is 7.22. The predicted octanol–water partition coefficient (Wildman–Crippen LogP) is 4.70. The molecular formula is C20H24N4OS. The summed E-state index contributed by atoms with van der Waals surface area (Å²) < 4.78 is 1.15. The molecule has 1 fully saturated rings. The van der Waals surface area contributed by atoms with Crippen molar-refractivity contribution in [3.8, 4) is 0 Å². The van der Waals surface area contributed by atoms with Crippen LogP contribution in [0.25, 0.3) is 10.2 Å². The van der Waals surface area contributed by atoms with Gasteiger partial charge in [-0.25, -0.2) is 4.98 Å². The smallest absolute Gasteiger partial charge is 0.232 e. The minimum Gasteiger partial charge on any atom is -0.285 e. The number of amides is 1. The number of H-pyrrole nitrogens is 1. The Bertz CT molecular complexity index is 880. The first-order chi connectivity index (χ1) is 12.7. The Kier molecular flexibility index (Phi) is 5.02. The molecule has 5 nitrogen and oxygen atoms in total. The van der Waals surface area contributed by atoms with Gasteiger partial charge in [0, 0.05) is 17.7 Å². The van der Waals surface area contributed by atoms with Gasteiger partial charge in [0.25, 0.3) is 0 Å². The monoisotopic (exact) mass is 368 g/mol. The fourth-order valence-corrected chi connectivity index (χ4v) is 4.68. The molecule has 0 aliphatic heterocycles. The molecule has 2 aromatic heterocycles. The number of anilines is 1. The summed E-state index contributed by atoms with van der Waals surface area (Å²) in [7, 11) is 0. The summed E-state index contributed by atoms with van der Waals surface area (Å²) in [6.45, 7) is 2.67. The van der Waals surface area contributed by atoms with E-state index in [2.05, 4.69) is 35.3 Å². The van der Waals surface area contributed by atoms with Crippen molar-refractivity contribution in [1.82, 2.24) is 15.2 Å². The zero-order chi connectivity index (χ0) is 17.9. The molecule has 3 aromatic rings. The standard InChI is InChI=1S/C20H24N4OS/c1-2-14-8-9-17-18(10-14)26-20(23-17)24(13-15-11-21-22-12-15)19(25)16-6-4-3-5-7-16/h8-12,16H,2-7,13H2,1H3,(H,21,22). The van der Waals surface area contributed by atoms with Crippen LogP contribution in [0.1, 0.15) is 50.2 Å². The second-order valence-electron chi connectivity index (χ2n) is 7.02. The Hall–Kier alpha value is -2.21. The van der Waals surface area contributed by atoms with Crippen LogP contribution in [0.15, 0.2) is 30.6 Å². The van der Waals surface area contributed by atoms with Crippen LogP contribution in [-0.2, 0) is 17.8 Å². The van der Waals surface area contributed by atoms with Gasteiger partial charge in [0.05, 0.1) is 23.0 Å². The molecule has 2 heterocycles. The van der Waals surface area contributed by atoms with E-state index in [9.17, 15) is 4.79 Å². The Morgan fingerprint density at radius 1 is 1.27 bits per heavy atom. The number of carbonyl (C=O) groups is 1. The van der Waals surface area contributed by atoms with Crippen LogP contribution >= 0.6 is 11.3 Å². The first-order valence-electron chi connectivity index (χ1n) is 9.43. The normalized spacial score (nSPS) is 15.4. The average molecular weight is 369 g/mol. The van der Waals surface area contributed by atoms with Crippen molar-refractivity contribution in [2.45, 2.75) is 52.0 Å². The van der Waals surface area contributed by atoms with Crippen molar-refractivity contribution in [3.05, 3.63) is 41.7 Å². The highest BCUT2D eigenvalue weighted by Crippen LogP contribution is 2.33. The lowest BCUT2D eigenvalue weighted by Gasteiger charge is -2.27. The van der Waals surface area contributed by atoms with Crippen LogP contribution in [0.3, 0.4) is 0 Å². The Balaban J connectivity index is 1.68. The average Bonchev–Trinajstić information content (AvgIpc) is 3.34. The number of aryl methyl sites for hydroxylation is 1. The van der Waals surface area contributed by atoms with Crippen molar-refractivity contribution >= 4 is 32.6 Å². The maximum absolute atomic E-state index is 13.3. The molecule has 0 atom stereocenters. The topological polar surface area (TPSA) is 61.9 Å². The molecule has 26 heavy (non-hydrogen) atoms. The quantitative estimate of drug-likeness (QED) is 0.710. The molecule has 0 spiro atoms. The fraction of sp³-hybridized carbons (Fsp3) is 0.450. The van der Waals surface area contributed by atoms with Gasteiger partial charge in [0.2, 0.25) is 5.91 Å². The summed E-state index contributed by atoms with van der Waals surface area (Å²) in [4.78, 5) is 19.9. The van der Waals surface area contributed by atoms with E-state index in [4.69, 9.17) is 4.98 Å². The van der Waals surface area contributed by atoms with E-state index in [0.29, 0.717) is 6.54 Å². The van der Waals surface area contributed by atoms with Crippen LogP contribution in [-0.4, -0.2) is 21.1 Å². The van der Waals surface area contributed by atoms with E-state index in [0.717, 1.165) is 53.0 Å². The first-order valence-corrected chi connectivity index (χ1v) is 10.2. The second kappa shape index (κ2) is 7.58. The lowest BCUT2D eigenvalue weighted by atomic mass is 9.88. The molecule has 0 unspecified atom stereocenters. The van der Waals surface area contributed by atoms with Gasteiger partial charge in [0.1, 0.15) is 0 Å². The van der Waals surface area contributed by atoms with Crippen LogP contribution in [0.2, 0.25) is 0 Å². The number of benzene rings is 1.